The van der Waals surface area contributed by atoms with E-state index in [4.69, 9.17) is 15.2 Å². The molecule has 2 unspecified atom stereocenters. The summed E-state index contributed by atoms with van der Waals surface area (Å²) in [5.74, 6) is 0.541. The van der Waals surface area contributed by atoms with Crippen molar-refractivity contribution >= 4 is 27.0 Å². The molecule has 2 saturated heterocycles. The summed E-state index contributed by atoms with van der Waals surface area (Å²) in [6.07, 6.45) is 5.00. The van der Waals surface area contributed by atoms with Crippen LogP contribution in [0.2, 0.25) is 0 Å². The lowest BCUT2D eigenvalue weighted by Gasteiger charge is -2.23. The Balaban J connectivity index is 1.59. The molecule has 2 atom stereocenters. The van der Waals surface area contributed by atoms with Crippen LogP contribution in [0, 0.1) is 6.92 Å². The quantitative estimate of drug-likeness (QED) is 0.344. The number of rotatable bonds is 10. The zero-order valence-corrected chi connectivity index (χ0v) is 23.6. The van der Waals surface area contributed by atoms with Crippen LogP contribution in [-0.2, 0) is 4.74 Å². The monoisotopic (exact) mass is 610 g/mol. The lowest BCUT2D eigenvalue weighted by molar-refractivity contribution is -0.0371. The summed E-state index contributed by atoms with van der Waals surface area (Å²) in [5.41, 5.74) is 6.79. The van der Waals surface area contributed by atoms with Gasteiger partial charge in [0.15, 0.2) is 11.9 Å². The Labute approximate surface area is 234 Å². The predicted molar refractivity (Wildman–Crippen MR) is 146 cm³/mol. The molecule has 0 radical (unpaired) electrons. The van der Waals surface area contributed by atoms with Gasteiger partial charge in [0.2, 0.25) is 5.67 Å². The summed E-state index contributed by atoms with van der Waals surface area (Å²) in [6, 6.07) is 3.82. The van der Waals surface area contributed by atoms with Crippen LogP contribution in [0.25, 0.3) is 22.3 Å². The average molecular weight is 612 g/mol. The number of halogens is 4. The molecule has 212 valence electrons. The molecule has 12 heteroatoms. The van der Waals surface area contributed by atoms with E-state index in [-0.39, 0.29) is 12.1 Å². The van der Waals surface area contributed by atoms with Crippen molar-refractivity contribution in [3.8, 4) is 17.0 Å². The van der Waals surface area contributed by atoms with E-state index < -0.39 is 25.6 Å². The number of alkyl halides is 3. The van der Waals surface area contributed by atoms with Gasteiger partial charge in [-0.15, -0.1) is 0 Å². The molecule has 0 spiro atoms. The fourth-order valence-electron chi connectivity index (χ4n) is 5.49. The van der Waals surface area contributed by atoms with E-state index in [0.717, 1.165) is 56.4 Å². The van der Waals surface area contributed by atoms with Crippen LogP contribution >= 0.6 is 15.9 Å². The normalized spacial score (nSPS) is 20.7. The number of likely N-dealkylation sites (tertiary alicyclic amines) is 1. The maximum Gasteiger partial charge on any atom is 0.200 e. The van der Waals surface area contributed by atoms with Gasteiger partial charge in [0.05, 0.1) is 11.1 Å². The molecule has 1 aromatic carbocycles. The van der Waals surface area contributed by atoms with Gasteiger partial charge in [0, 0.05) is 31.8 Å². The summed E-state index contributed by atoms with van der Waals surface area (Å²) < 4.78 is 55.5. The van der Waals surface area contributed by atoms with Crippen LogP contribution in [0.15, 0.2) is 23.1 Å². The smallest absolute Gasteiger partial charge is 0.200 e. The van der Waals surface area contributed by atoms with Crippen molar-refractivity contribution in [1.29, 1.82) is 0 Å². The van der Waals surface area contributed by atoms with Gasteiger partial charge in [-0.3, -0.25) is 0 Å². The summed E-state index contributed by atoms with van der Waals surface area (Å²) in [7, 11) is 0. The average Bonchev–Trinajstić information content (AvgIpc) is 3.57. The van der Waals surface area contributed by atoms with E-state index >= 15 is 0 Å². The Hall–Kier alpha value is -2.28. The van der Waals surface area contributed by atoms with Crippen molar-refractivity contribution in [2.75, 3.05) is 52.7 Å². The summed E-state index contributed by atoms with van der Waals surface area (Å²) in [5, 5.41) is 5.31. The highest BCUT2D eigenvalue weighted by molar-refractivity contribution is 9.10. The molecular weight excluding hydrogens is 577 g/mol. The third-order valence-electron chi connectivity index (χ3n) is 7.62. The Morgan fingerprint density at radius 1 is 1.21 bits per heavy atom. The third-order valence-corrected chi connectivity index (χ3v) is 8.18. The minimum Gasteiger partial charge on any atom is -0.489 e. The molecule has 0 aliphatic carbocycles. The number of hydrogen-bond donors (Lipinski definition) is 1. The SMILES string of the molecule is Cc1cc(-c2ncnc3c2c(Br)nn3C2CCCCO2)c(OCC(F)(CF)CF)cc1C1CCN(CCN)C1. The molecule has 5 rings (SSSR count). The first-order valence-corrected chi connectivity index (χ1v) is 14.2. The van der Waals surface area contributed by atoms with Crippen molar-refractivity contribution in [2.45, 2.75) is 50.4 Å². The lowest BCUT2D eigenvalue weighted by Crippen LogP contribution is -2.36. The maximum absolute atomic E-state index is 14.7. The van der Waals surface area contributed by atoms with E-state index in [1.165, 1.54) is 6.33 Å². The minimum atomic E-state index is -2.72. The molecule has 2 aliphatic heterocycles. The van der Waals surface area contributed by atoms with Crippen molar-refractivity contribution in [2.24, 2.45) is 5.73 Å². The molecule has 2 aliphatic rings. The Bertz CT molecular complexity index is 1300. The lowest BCUT2D eigenvalue weighted by atomic mass is 9.91. The number of nitrogens with zero attached hydrogens (tertiary/aromatic N) is 5. The third kappa shape index (κ3) is 5.79. The molecule has 2 aromatic heterocycles. The van der Waals surface area contributed by atoms with Crippen LogP contribution in [0.3, 0.4) is 0 Å². The number of benzene rings is 1. The highest BCUT2D eigenvalue weighted by Crippen LogP contribution is 2.42. The van der Waals surface area contributed by atoms with Crippen LogP contribution < -0.4 is 10.5 Å². The maximum atomic E-state index is 14.7. The van der Waals surface area contributed by atoms with Crippen molar-refractivity contribution in [1.82, 2.24) is 24.6 Å². The zero-order valence-electron chi connectivity index (χ0n) is 22.0. The zero-order chi connectivity index (χ0) is 27.6. The molecule has 2 N–H and O–H groups in total. The van der Waals surface area contributed by atoms with Crippen LogP contribution in [0.1, 0.15) is 49.0 Å². The Kier molecular flexibility index (Phi) is 8.75. The van der Waals surface area contributed by atoms with Gasteiger partial charge in [-0.05, 0) is 84.3 Å². The molecule has 0 bridgehead atoms. The van der Waals surface area contributed by atoms with Gasteiger partial charge < -0.3 is 20.1 Å². The van der Waals surface area contributed by atoms with E-state index in [2.05, 4.69) is 35.9 Å². The second-order valence-corrected chi connectivity index (χ2v) is 11.2. The summed E-state index contributed by atoms with van der Waals surface area (Å²) in [6.45, 7) is 2.12. The van der Waals surface area contributed by atoms with Crippen LogP contribution in [0.5, 0.6) is 5.75 Å². The van der Waals surface area contributed by atoms with E-state index in [0.29, 0.717) is 45.8 Å². The molecular formula is C27H34BrF3N6O2. The van der Waals surface area contributed by atoms with Gasteiger partial charge in [-0.1, -0.05) is 0 Å². The number of fused-ring (bicyclic) bond motifs is 1. The first-order valence-electron chi connectivity index (χ1n) is 13.4. The largest absolute Gasteiger partial charge is 0.489 e. The van der Waals surface area contributed by atoms with Gasteiger partial charge in [-0.2, -0.15) is 5.10 Å². The van der Waals surface area contributed by atoms with Gasteiger partial charge in [0.1, 0.15) is 36.6 Å². The molecule has 4 heterocycles. The molecule has 0 saturated carbocycles. The molecule has 3 aromatic rings. The predicted octanol–water partition coefficient (Wildman–Crippen LogP) is 5.04. The Morgan fingerprint density at radius 2 is 2.03 bits per heavy atom. The fraction of sp³-hybridized carbons (Fsp3) is 0.593. The van der Waals surface area contributed by atoms with Gasteiger partial charge >= 0.3 is 0 Å². The number of aryl methyl sites for hydroxylation is 1. The number of ether oxygens (including phenoxy) is 2. The molecule has 0 amide bonds. The second kappa shape index (κ2) is 12.1. The van der Waals surface area contributed by atoms with E-state index in [1.807, 2.05) is 19.1 Å². The van der Waals surface area contributed by atoms with Gasteiger partial charge in [0.25, 0.3) is 0 Å². The van der Waals surface area contributed by atoms with E-state index in [9.17, 15) is 13.2 Å². The number of hydrogen-bond acceptors (Lipinski definition) is 7. The standard InChI is InChI=1S/C27H34BrF3N6O2/c1-17-10-20(24-23-25(28)35-37(26(23)34-16-33-24)22-4-2-3-9-38-22)21(39-15-27(31,13-29)14-30)11-19(17)18-5-7-36(12-18)8-6-32/h10-11,16,18,22H,2-9,12-15,32H2,1H3. The summed E-state index contributed by atoms with van der Waals surface area (Å²) >= 11 is 3.58. The van der Waals surface area contributed by atoms with Gasteiger partial charge in [-0.25, -0.2) is 27.8 Å². The van der Waals surface area contributed by atoms with E-state index in [1.54, 1.807) is 4.68 Å². The first kappa shape index (κ1) is 28.3. The van der Waals surface area contributed by atoms with Crippen molar-refractivity contribution in [3.63, 3.8) is 0 Å². The second-order valence-electron chi connectivity index (χ2n) is 10.5. The molecule has 8 nitrogen and oxygen atoms in total. The summed E-state index contributed by atoms with van der Waals surface area (Å²) in [4.78, 5) is 11.4. The van der Waals surface area contributed by atoms with Crippen molar-refractivity contribution in [3.05, 3.63) is 34.2 Å². The Morgan fingerprint density at radius 3 is 2.74 bits per heavy atom. The van der Waals surface area contributed by atoms with Crippen LogP contribution in [-0.4, -0.2) is 83.1 Å². The number of nitrogens with two attached hydrogens (primary N) is 1. The topological polar surface area (TPSA) is 91.3 Å². The number of aromatic nitrogens is 4. The fourth-order valence-corrected chi connectivity index (χ4v) is 6.03. The van der Waals surface area contributed by atoms with Crippen LogP contribution in [0.4, 0.5) is 13.2 Å². The molecule has 2 fully saturated rings. The minimum absolute atomic E-state index is 0.230. The van der Waals surface area contributed by atoms with Crippen molar-refractivity contribution < 1.29 is 22.6 Å². The molecule has 39 heavy (non-hydrogen) atoms. The highest BCUT2D eigenvalue weighted by Gasteiger charge is 2.33. The highest BCUT2D eigenvalue weighted by atomic mass is 79.9. The first-order chi connectivity index (χ1) is 18.9.